The smallest absolute Gasteiger partial charge is 0.129 e. The summed E-state index contributed by atoms with van der Waals surface area (Å²) in [6.07, 6.45) is -0.466. The van der Waals surface area contributed by atoms with Crippen molar-refractivity contribution in [1.29, 1.82) is 0 Å². The van der Waals surface area contributed by atoms with Crippen LogP contribution in [0.15, 0.2) is 0 Å². The number of quaternary nitrogens is 2. The summed E-state index contributed by atoms with van der Waals surface area (Å²) in [5.74, 6) is 0. The molecular weight excluding hydrogens is 428 g/mol. The summed E-state index contributed by atoms with van der Waals surface area (Å²) < 4.78 is 2.60. The Morgan fingerprint density at radius 2 is 0.853 bits per heavy atom. The molecule has 8 heteroatoms. The predicted molar refractivity (Wildman–Crippen MR) is 140 cm³/mol. The van der Waals surface area contributed by atoms with Crippen molar-refractivity contribution in [2.75, 3.05) is 131 Å². The number of rotatable bonds is 12. The van der Waals surface area contributed by atoms with E-state index in [1.54, 1.807) is 0 Å². The summed E-state index contributed by atoms with van der Waals surface area (Å²) in [7, 11) is 0. The van der Waals surface area contributed by atoms with Crippen molar-refractivity contribution < 1.29 is 19.2 Å². The Labute approximate surface area is 209 Å². The highest BCUT2D eigenvalue weighted by molar-refractivity contribution is 4.75. The Morgan fingerprint density at radius 1 is 0.559 bits per heavy atom. The first-order chi connectivity index (χ1) is 16.3. The molecule has 2 N–H and O–H groups in total. The fourth-order valence-electron chi connectivity index (χ4n) is 6.46. The number of aliphatic hydroxyl groups is 2. The zero-order valence-corrected chi connectivity index (χ0v) is 22.9. The molecule has 3 saturated heterocycles. The van der Waals surface area contributed by atoms with Gasteiger partial charge in [0.25, 0.3) is 0 Å². The lowest BCUT2D eigenvalue weighted by atomic mass is 10.1. The number of likely N-dealkylation sites (N-methyl/N-ethyl adjacent to an activating group) is 2. The zero-order valence-electron chi connectivity index (χ0n) is 22.9. The highest BCUT2D eigenvalue weighted by atomic mass is 16.3. The van der Waals surface area contributed by atoms with Crippen LogP contribution in [0.1, 0.15) is 27.7 Å². The lowest BCUT2D eigenvalue weighted by Crippen LogP contribution is -2.73. The summed E-state index contributed by atoms with van der Waals surface area (Å²) in [5.41, 5.74) is 0. The van der Waals surface area contributed by atoms with Gasteiger partial charge in [0.05, 0.1) is 38.4 Å². The van der Waals surface area contributed by atoms with Gasteiger partial charge in [-0.25, -0.2) is 0 Å². The predicted octanol–water partition coefficient (Wildman–Crippen LogP) is -0.330. The molecule has 0 aliphatic carbocycles. The summed E-state index contributed by atoms with van der Waals surface area (Å²) >= 11 is 0. The Hall–Kier alpha value is -0.320. The highest BCUT2D eigenvalue weighted by Crippen LogP contribution is 2.24. The van der Waals surface area contributed by atoms with Gasteiger partial charge in [0, 0.05) is 52.4 Å². The summed E-state index contributed by atoms with van der Waals surface area (Å²) in [6.45, 7) is 30.8. The van der Waals surface area contributed by atoms with Crippen molar-refractivity contribution in [3.8, 4) is 0 Å². The first-order valence-electron chi connectivity index (χ1n) is 14.3. The molecule has 3 rings (SSSR count). The van der Waals surface area contributed by atoms with Crippen molar-refractivity contribution in [3.63, 3.8) is 0 Å². The van der Waals surface area contributed by atoms with Gasteiger partial charge in [0.1, 0.15) is 26.2 Å². The van der Waals surface area contributed by atoms with E-state index in [1.165, 1.54) is 61.3 Å². The SMILES string of the molecule is CCN(CC)C[C@H](O)CN1CC[N+]2(CC1)CC[N+]1(CCN(C[C@@H](O)CN(CC)CC)CC1)CC2. The molecule has 3 aliphatic rings. The van der Waals surface area contributed by atoms with Crippen LogP contribution in [0.25, 0.3) is 0 Å². The quantitative estimate of drug-likeness (QED) is 0.370. The molecule has 3 aliphatic heterocycles. The standard InChI is InChI=1S/C26H56N6O2/c1-5-27(6-2)21-25(33)23-29-9-13-31(14-10-29)17-19-32(20-18-31)15-11-30(12-16-32)24-26(34)22-28(7-3)8-4/h25-26,33-34H,5-24H2,1-4H3/q+2/t25-,26-/m0/s1. The summed E-state index contributed by atoms with van der Waals surface area (Å²) in [5, 5.41) is 21.1. The van der Waals surface area contributed by atoms with Gasteiger partial charge < -0.3 is 29.0 Å². The van der Waals surface area contributed by atoms with Crippen molar-refractivity contribution >= 4 is 0 Å². The van der Waals surface area contributed by atoms with Crippen LogP contribution in [0, 0.1) is 0 Å². The van der Waals surface area contributed by atoms with E-state index in [0.29, 0.717) is 0 Å². The molecule has 200 valence electrons. The summed E-state index contributed by atoms with van der Waals surface area (Å²) in [6, 6.07) is 0. The molecule has 0 aromatic rings. The van der Waals surface area contributed by atoms with Gasteiger partial charge in [-0.3, -0.25) is 9.80 Å². The average molecular weight is 485 g/mol. The van der Waals surface area contributed by atoms with Crippen LogP contribution in [-0.2, 0) is 0 Å². The minimum atomic E-state index is -0.233. The van der Waals surface area contributed by atoms with E-state index in [1.807, 2.05) is 0 Å². The van der Waals surface area contributed by atoms with Crippen molar-refractivity contribution in [1.82, 2.24) is 19.6 Å². The fourth-order valence-corrected chi connectivity index (χ4v) is 6.46. The molecule has 2 spiro atoms. The topological polar surface area (TPSA) is 53.4 Å². The molecule has 0 saturated carbocycles. The summed E-state index contributed by atoms with van der Waals surface area (Å²) in [4.78, 5) is 9.64. The number of aliphatic hydroxyl groups excluding tert-OH is 2. The van der Waals surface area contributed by atoms with E-state index in [2.05, 4.69) is 47.3 Å². The fraction of sp³-hybridized carbons (Fsp3) is 1.00. The number of hydrogen-bond donors (Lipinski definition) is 2. The lowest BCUT2D eigenvalue weighted by molar-refractivity contribution is -1.03. The molecule has 2 atom stereocenters. The molecular formula is C26H56N6O2+2. The second-order valence-electron chi connectivity index (χ2n) is 11.4. The van der Waals surface area contributed by atoms with Gasteiger partial charge in [0.2, 0.25) is 0 Å². The molecule has 3 heterocycles. The van der Waals surface area contributed by atoms with E-state index in [9.17, 15) is 10.2 Å². The largest absolute Gasteiger partial charge is 0.390 e. The van der Waals surface area contributed by atoms with E-state index in [0.717, 1.165) is 78.5 Å². The van der Waals surface area contributed by atoms with Crippen molar-refractivity contribution in [2.24, 2.45) is 0 Å². The van der Waals surface area contributed by atoms with E-state index in [4.69, 9.17) is 0 Å². The second-order valence-corrected chi connectivity index (χ2v) is 11.4. The minimum Gasteiger partial charge on any atom is -0.390 e. The second kappa shape index (κ2) is 13.3. The lowest BCUT2D eigenvalue weighted by Gasteiger charge is -2.54. The number of nitrogens with zero attached hydrogens (tertiary/aromatic N) is 6. The Balaban J connectivity index is 1.36. The molecule has 0 aromatic carbocycles. The molecule has 0 unspecified atom stereocenters. The van der Waals surface area contributed by atoms with Crippen LogP contribution < -0.4 is 0 Å². The van der Waals surface area contributed by atoms with Gasteiger partial charge >= 0.3 is 0 Å². The van der Waals surface area contributed by atoms with E-state index >= 15 is 0 Å². The van der Waals surface area contributed by atoms with Crippen LogP contribution in [0.3, 0.4) is 0 Å². The van der Waals surface area contributed by atoms with Gasteiger partial charge in [-0.05, 0) is 26.2 Å². The maximum atomic E-state index is 10.5. The molecule has 3 fully saturated rings. The van der Waals surface area contributed by atoms with Gasteiger partial charge in [-0.2, -0.15) is 0 Å². The highest BCUT2D eigenvalue weighted by Gasteiger charge is 2.45. The monoisotopic (exact) mass is 484 g/mol. The maximum absolute atomic E-state index is 10.5. The first-order valence-corrected chi connectivity index (χ1v) is 14.3. The average Bonchev–Trinajstić information content (AvgIpc) is 2.86. The third-order valence-corrected chi connectivity index (χ3v) is 9.32. The third kappa shape index (κ3) is 7.84. The molecule has 0 bridgehead atoms. The normalized spacial score (nSPS) is 25.4. The molecule has 8 nitrogen and oxygen atoms in total. The maximum Gasteiger partial charge on any atom is 0.129 e. The van der Waals surface area contributed by atoms with Crippen LogP contribution in [0.4, 0.5) is 0 Å². The third-order valence-electron chi connectivity index (χ3n) is 9.32. The Kier molecular flexibility index (Phi) is 11.0. The van der Waals surface area contributed by atoms with Crippen LogP contribution >= 0.6 is 0 Å². The van der Waals surface area contributed by atoms with Gasteiger partial charge in [-0.1, -0.05) is 27.7 Å². The van der Waals surface area contributed by atoms with Crippen LogP contribution in [0.2, 0.25) is 0 Å². The van der Waals surface area contributed by atoms with Crippen LogP contribution in [-0.4, -0.2) is 182 Å². The number of hydrogen-bond acceptors (Lipinski definition) is 6. The molecule has 34 heavy (non-hydrogen) atoms. The Morgan fingerprint density at radius 3 is 1.12 bits per heavy atom. The zero-order chi connectivity index (χ0) is 24.6. The van der Waals surface area contributed by atoms with Gasteiger partial charge in [0.15, 0.2) is 0 Å². The van der Waals surface area contributed by atoms with Crippen LogP contribution in [0.5, 0.6) is 0 Å². The number of piperazine rings is 3. The number of β-amino-alcohol motifs (C(OH)–C–C–N with tert-alkyl or cyclic N) is 2. The van der Waals surface area contributed by atoms with Crippen molar-refractivity contribution in [3.05, 3.63) is 0 Å². The molecule has 0 amide bonds. The van der Waals surface area contributed by atoms with Gasteiger partial charge in [-0.15, -0.1) is 0 Å². The van der Waals surface area contributed by atoms with E-state index in [-0.39, 0.29) is 12.2 Å². The first kappa shape index (κ1) is 28.3. The minimum absolute atomic E-state index is 0.233. The molecule has 0 aromatic heterocycles. The van der Waals surface area contributed by atoms with Crippen molar-refractivity contribution in [2.45, 2.75) is 39.9 Å². The van der Waals surface area contributed by atoms with E-state index < -0.39 is 0 Å². The molecule has 0 radical (unpaired) electrons. The Bertz CT molecular complexity index is 508.